The van der Waals surface area contributed by atoms with Crippen LogP contribution in [0.15, 0.2) is 42.5 Å². The molecular weight excluding hydrogens is 465 g/mol. The molecule has 10 heteroatoms. The number of rotatable bonds is 5. The maximum atomic E-state index is 13.5. The number of halogens is 3. The fraction of sp³-hybridized carbons (Fsp3) is 0.333. The lowest BCUT2D eigenvalue weighted by molar-refractivity contribution is -0.137. The summed E-state index contributed by atoms with van der Waals surface area (Å²) in [6.07, 6.45) is -2.57. The highest BCUT2D eigenvalue weighted by Crippen LogP contribution is 2.50. The lowest BCUT2D eigenvalue weighted by atomic mass is 9.63. The maximum absolute atomic E-state index is 13.5. The van der Waals surface area contributed by atoms with Gasteiger partial charge in [-0.25, -0.2) is 0 Å². The van der Waals surface area contributed by atoms with Crippen molar-refractivity contribution in [1.29, 1.82) is 5.26 Å². The van der Waals surface area contributed by atoms with Crippen LogP contribution in [0.4, 0.5) is 18.9 Å². The first kappa shape index (κ1) is 23.7. The Morgan fingerprint density at radius 3 is 2.56 bits per heavy atom. The van der Waals surface area contributed by atoms with Crippen LogP contribution < -0.4 is 15.5 Å². The minimum atomic E-state index is -4.74. The summed E-state index contributed by atoms with van der Waals surface area (Å²) in [5.74, 6) is -0.653. The molecule has 2 aromatic carbocycles. The summed E-state index contributed by atoms with van der Waals surface area (Å²) in [4.78, 5) is 26.0. The summed E-state index contributed by atoms with van der Waals surface area (Å²) in [6, 6.07) is 12.3. The number of carbonyl (C=O) groups excluding carboxylic acids is 2. The van der Waals surface area contributed by atoms with E-state index in [0.717, 1.165) is 28.2 Å². The second kappa shape index (κ2) is 8.72. The smallest absolute Gasteiger partial charge is 0.359 e. The van der Waals surface area contributed by atoms with Crippen molar-refractivity contribution in [1.82, 2.24) is 10.6 Å². The largest absolute Gasteiger partial charge is 0.417 e. The van der Waals surface area contributed by atoms with Gasteiger partial charge < -0.3 is 10.6 Å². The SMILES string of the molecule is CNC(=O)CCc1ccc(C2CCC23NC(=S)N(c2ccc(C#N)c(C(F)(F)F)c2)C3=O)cc1. The van der Waals surface area contributed by atoms with E-state index >= 15 is 0 Å². The first-order valence-electron chi connectivity index (χ1n) is 10.7. The molecular formula is C24H21F3N4O2S. The van der Waals surface area contributed by atoms with Crippen molar-refractivity contribution in [2.45, 2.75) is 43.3 Å². The van der Waals surface area contributed by atoms with Gasteiger partial charge in [0.25, 0.3) is 5.91 Å². The summed E-state index contributed by atoms with van der Waals surface area (Å²) in [5, 5.41) is 14.7. The van der Waals surface area contributed by atoms with Crippen LogP contribution in [0.2, 0.25) is 0 Å². The molecule has 1 saturated carbocycles. The third-order valence-electron chi connectivity index (χ3n) is 6.53. The van der Waals surface area contributed by atoms with E-state index in [1.807, 2.05) is 24.3 Å². The van der Waals surface area contributed by atoms with Crippen molar-refractivity contribution in [2.24, 2.45) is 0 Å². The standard InChI is InChI=1S/C24H21F3N4O2S/c1-29-20(32)9-4-14-2-5-15(6-3-14)18-10-11-23(18)21(33)31(22(34)30-23)17-8-7-16(13-28)19(12-17)24(25,26)27/h2-3,5-8,12,18H,4,9-11H2,1H3,(H,29,32)(H,30,34). The highest BCUT2D eigenvalue weighted by atomic mass is 32.1. The average molecular weight is 487 g/mol. The molecule has 2 N–H and O–H groups in total. The second-order valence-corrected chi connectivity index (χ2v) is 8.77. The molecule has 1 saturated heterocycles. The monoisotopic (exact) mass is 486 g/mol. The first-order valence-corrected chi connectivity index (χ1v) is 11.1. The van der Waals surface area contributed by atoms with Gasteiger partial charge in [-0.05, 0) is 60.8 Å². The molecule has 2 fully saturated rings. The molecule has 6 nitrogen and oxygen atoms in total. The molecule has 176 valence electrons. The van der Waals surface area contributed by atoms with Crippen molar-refractivity contribution in [3.63, 3.8) is 0 Å². The van der Waals surface area contributed by atoms with Gasteiger partial charge in [0.05, 0.1) is 22.9 Å². The Morgan fingerprint density at radius 2 is 2.00 bits per heavy atom. The number of nitrogens with zero attached hydrogens (tertiary/aromatic N) is 2. The second-order valence-electron chi connectivity index (χ2n) is 8.39. The molecule has 0 radical (unpaired) electrons. The number of hydrogen-bond acceptors (Lipinski definition) is 4. The van der Waals surface area contributed by atoms with Gasteiger partial charge in [0, 0.05) is 19.4 Å². The Hall–Kier alpha value is -3.45. The molecule has 0 aromatic heterocycles. The van der Waals surface area contributed by atoms with Crippen LogP contribution in [0.1, 0.15) is 47.4 Å². The predicted octanol–water partition coefficient (Wildman–Crippen LogP) is 3.79. The number of alkyl halides is 3. The molecule has 1 aliphatic carbocycles. The zero-order valence-corrected chi connectivity index (χ0v) is 19.0. The van der Waals surface area contributed by atoms with Crippen LogP contribution in [-0.4, -0.2) is 29.5 Å². The molecule has 1 spiro atoms. The highest BCUT2D eigenvalue weighted by Gasteiger charge is 2.60. The number of anilines is 1. The van der Waals surface area contributed by atoms with Crippen LogP contribution in [-0.2, 0) is 22.2 Å². The van der Waals surface area contributed by atoms with Crippen LogP contribution in [0.25, 0.3) is 0 Å². The summed E-state index contributed by atoms with van der Waals surface area (Å²) in [5.41, 5.74) is -0.776. The maximum Gasteiger partial charge on any atom is 0.417 e. The fourth-order valence-corrected chi connectivity index (χ4v) is 4.93. The van der Waals surface area contributed by atoms with Gasteiger partial charge >= 0.3 is 6.18 Å². The molecule has 34 heavy (non-hydrogen) atoms. The number of thiocarbonyl (C=S) groups is 1. The van der Waals surface area contributed by atoms with E-state index in [0.29, 0.717) is 25.7 Å². The normalized spacial score (nSPS) is 21.7. The predicted molar refractivity (Wildman–Crippen MR) is 123 cm³/mol. The van der Waals surface area contributed by atoms with Gasteiger partial charge in [0.15, 0.2) is 5.11 Å². The third-order valence-corrected chi connectivity index (χ3v) is 6.81. The van der Waals surface area contributed by atoms with Gasteiger partial charge in [-0.2, -0.15) is 18.4 Å². The van der Waals surface area contributed by atoms with Crippen molar-refractivity contribution >= 4 is 34.8 Å². The fourth-order valence-electron chi connectivity index (χ4n) is 4.56. The molecule has 2 amide bonds. The molecule has 2 unspecified atom stereocenters. The summed E-state index contributed by atoms with van der Waals surface area (Å²) in [7, 11) is 1.59. The Kier molecular flexibility index (Phi) is 6.08. The Balaban J connectivity index is 1.58. The first-order chi connectivity index (χ1) is 16.1. The van der Waals surface area contributed by atoms with Crippen molar-refractivity contribution in [3.8, 4) is 6.07 Å². The topological polar surface area (TPSA) is 85.2 Å². The van der Waals surface area contributed by atoms with Gasteiger partial charge in [-0.1, -0.05) is 24.3 Å². The molecule has 1 aliphatic heterocycles. The summed E-state index contributed by atoms with van der Waals surface area (Å²) in [6.45, 7) is 0. The number of amides is 2. The molecule has 2 atom stereocenters. The summed E-state index contributed by atoms with van der Waals surface area (Å²) >= 11 is 5.35. The van der Waals surface area contributed by atoms with E-state index in [-0.39, 0.29) is 22.6 Å². The van der Waals surface area contributed by atoms with Crippen LogP contribution in [0, 0.1) is 11.3 Å². The number of hydrogen-bond donors (Lipinski definition) is 2. The van der Waals surface area contributed by atoms with Gasteiger partial charge in [-0.15, -0.1) is 0 Å². The van der Waals surface area contributed by atoms with Crippen molar-refractivity contribution < 1.29 is 22.8 Å². The van der Waals surface area contributed by atoms with Crippen LogP contribution in [0.3, 0.4) is 0 Å². The molecule has 1 heterocycles. The Morgan fingerprint density at radius 1 is 1.29 bits per heavy atom. The third kappa shape index (κ3) is 4.01. The summed E-state index contributed by atoms with van der Waals surface area (Å²) < 4.78 is 40.3. The quantitative estimate of drug-likeness (QED) is 0.629. The van der Waals surface area contributed by atoms with E-state index in [4.69, 9.17) is 17.5 Å². The van der Waals surface area contributed by atoms with E-state index in [1.54, 1.807) is 7.05 Å². The van der Waals surface area contributed by atoms with E-state index in [2.05, 4.69) is 10.6 Å². The number of nitrogens with one attached hydrogen (secondary N) is 2. The van der Waals surface area contributed by atoms with Crippen molar-refractivity contribution in [2.75, 3.05) is 11.9 Å². The average Bonchev–Trinajstić information content (AvgIpc) is 3.08. The van der Waals surface area contributed by atoms with E-state index in [1.165, 1.54) is 12.1 Å². The number of carbonyl (C=O) groups is 2. The van der Waals surface area contributed by atoms with Gasteiger partial charge in [0.2, 0.25) is 5.91 Å². The van der Waals surface area contributed by atoms with Crippen LogP contribution >= 0.6 is 12.2 Å². The minimum Gasteiger partial charge on any atom is -0.359 e. The minimum absolute atomic E-state index is 0.0269. The number of benzene rings is 2. The molecule has 0 bridgehead atoms. The lowest BCUT2D eigenvalue weighted by Crippen LogP contribution is -2.58. The van der Waals surface area contributed by atoms with Gasteiger partial charge in [0.1, 0.15) is 5.54 Å². The number of nitriles is 1. The zero-order valence-electron chi connectivity index (χ0n) is 18.2. The van der Waals surface area contributed by atoms with Crippen LogP contribution in [0.5, 0.6) is 0 Å². The molecule has 4 rings (SSSR count). The van der Waals surface area contributed by atoms with Gasteiger partial charge in [-0.3, -0.25) is 14.5 Å². The zero-order chi connectivity index (χ0) is 24.7. The molecule has 2 aromatic rings. The lowest BCUT2D eigenvalue weighted by Gasteiger charge is -2.45. The Labute approximate surface area is 199 Å². The Bertz CT molecular complexity index is 1210. The van der Waals surface area contributed by atoms with Crippen molar-refractivity contribution in [3.05, 3.63) is 64.7 Å². The van der Waals surface area contributed by atoms with E-state index < -0.39 is 28.7 Å². The van der Waals surface area contributed by atoms with E-state index in [9.17, 15) is 22.8 Å². The highest BCUT2D eigenvalue weighted by molar-refractivity contribution is 7.80. The number of aryl methyl sites for hydroxylation is 1. The molecule has 2 aliphatic rings.